The zero-order valence-corrected chi connectivity index (χ0v) is 27.5. The lowest BCUT2D eigenvalue weighted by molar-refractivity contribution is 0.317. The zero-order chi connectivity index (χ0) is 33.8. The molecule has 0 saturated heterocycles. The van der Waals surface area contributed by atoms with Crippen molar-refractivity contribution in [3.05, 3.63) is 156 Å². The molecular formula is C41H37N3O5. The summed E-state index contributed by atoms with van der Waals surface area (Å²) in [6.45, 7) is 0.746. The van der Waals surface area contributed by atoms with Gasteiger partial charge in [-0.05, 0) is 71.8 Å². The molecule has 2 aromatic heterocycles. The van der Waals surface area contributed by atoms with E-state index in [1.54, 1.807) is 26.6 Å². The van der Waals surface area contributed by atoms with E-state index in [4.69, 9.17) is 28.9 Å². The Morgan fingerprint density at radius 3 is 1.29 bits per heavy atom. The first kappa shape index (κ1) is 32.8. The number of oxime groups is 1. The number of pyridine rings is 2. The molecular weight excluding hydrogens is 614 g/mol. The molecule has 49 heavy (non-hydrogen) atoms. The van der Waals surface area contributed by atoms with Gasteiger partial charge in [-0.3, -0.25) is 9.97 Å². The van der Waals surface area contributed by atoms with Crippen molar-refractivity contribution < 1.29 is 24.2 Å². The first-order valence-electron chi connectivity index (χ1n) is 16.0. The summed E-state index contributed by atoms with van der Waals surface area (Å²) in [5, 5.41) is 14.7. The fraction of sp³-hybridized carbons (Fsp3) is 0.146. The van der Waals surface area contributed by atoms with Gasteiger partial charge in [0.25, 0.3) is 0 Å². The minimum atomic E-state index is 0.373. The number of ether oxygens (including phenoxy) is 4. The van der Waals surface area contributed by atoms with Crippen molar-refractivity contribution in [1.82, 2.24) is 9.97 Å². The van der Waals surface area contributed by atoms with E-state index in [1.807, 2.05) is 121 Å². The maximum Gasteiger partial charge on any atom is 0.119 e. The molecule has 0 atom stereocenters. The van der Waals surface area contributed by atoms with Gasteiger partial charge in [-0.15, -0.1) is 0 Å². The molecule has 8 nitrogen and oxygen atoms in total. The van der Waals surface area contributed by atoms with E-state index in [0.717, 1.165) is 67.8 Å². The van der Waals surface area contributed by atoms with E-state index in [-0.39, 0.29) is 0 Å². The Morgan fingerprint density at radius 1 is 0.531 bits per heavy atom. The summed E-state index contributed by atoms with van der Waals surface area (Å²) >= 11 is 0. The third kappa shape index (κ3) is 7.88. The average Bonchev–Trinajstić information content (AvgIpc) is 3.17. The molecule has 0 amide bonds. The van der Waals surface area contributed by atoms with Crippen molar-refractivity contribution in [3.63, 3.8) is 0 Å². The lowest BCUT2D eigenvalue weighted by Crippen LogP contribution is -2.16. The fourth-order valence-electron chi connectivity index (χ4n) is 5.76. The Bertz CT molecular complexity index is 1840. The minimum Gasteiger partial charge on any atom is -0.497 e. The highest BCUT2D eigenvalue weighted by molar-refractivity contribution is 6.15. The van der Waals surface area contributed by atoms with Crippen LogP contribution in [0.4, 0.5) is 0 Å². The van der Waals surface area contributed by atoms with Crippen molar-refractivity contribution in [3.8, 4) is 45.5 Å². The molecule has 0 radical (unpaired) electrons. The number of hydrogen-bond acceptors (Lipinski definition) is 8. The number of nitrogens with zero attached hydrogens (tertiary/aromatic N) is 3. The highest BCUT2D eigenvalue weighted by Crippen LogP contribution is 2.31. The fourth-order valence-corrected chi connectivity index (χ4v) is 5.76. The Balaban J connectivity index is 1.38. The Morgan fingerprint density at radius 2 is 0.918 bits per heavy atom. The molecule has 0 aliphatic heterocycles. The van der Waals surface area contributed by atoms with Gasteiger partial charge >= 0.3 is 0 Å². The third-order valence-electron chi connectivity index (χ3n) is 8.18. The molecule has 246 valence electrons. The van der Waals surface area contributed by atoms with Crippen molar-refractivity contribution in [1.29, 1.82) is 0 Å². The van der Waals surface area contributed by atoms with Crippen LogP contribution in [0.2, 0.25) is 0 Å². The Kier molecular flexibility index (Phi) is 10.8. The number of aromatic nitrogens is 2. The predicted octanol–water partition coefficient (Wildman–Crippen LogP) is 8.30. The largest absolute Gasteiger partial charge is 0.497 e. The maximum atomic E-state index is 10.8. The summed E-state index contributed by atoms with van der Waals surface area (Å²) in [7, 11) is 3.27. The van der Waals surface area contributed by atoms with Crippen LogP contribution in [0.5, 0.6) is 23.0 Å². The quantitative estimate of drug-likeness (QED) is 0.0719. The predicted molar refractivity (Wildman–Crippen MR) is 191 cm³/mol. The molecule has 0 unspecified atom stereocenters. The van der Waals surface area contributed by atoms with E-state index in [1.165, 1.54) is 0 Å². The van der Waals surface area contributed by atoms with E-state index >= 15 is 0 Å². The molecule has 2 heterocycles. The van der Waals surface area contributed by atoms with Crippen molar-refractivity contribution in [2.45, 2.75) is 12.8 Å². The second-order valence-electron chi connectivity index (χ2n) is 11.1. The minimum absolute atomic E-state index is 0.373. The summed E-state index contributed by atoms with van der Waals surface area (Å²) in [6, 6.07) is 38.8. The van der Waals surface area contributed by atoms with Gasteiger partial charge in [0, 0.05) is 47.5 Å². The highest BCUT2D eigenvalue weighted by atomic mass is 16.5. The highest BCUT2D eigenvalue weighted by Gasteiger charge is 2.22. The van der Waals surface area contributed by atoms with Crippen LogP contribution in [0.15, 0.2) is 139 Å². The van der Waals surface area contributed by atoms with Crippen LogP contribution in [0.3, 0.4) is 0 Å². The van der Waals surface area contributed by atoms with Gasteiger partial charge in [-0.25, -0.2) is 0 Å². The molecule has 0 bridgehead atoms. The molecule has 0 aliphatic rings. The zero-order valence-electron chi connectivity index (χ0n) is 27.5. The van der Waals surface area contributed by atoms with Gasteiger partial charge in [-0.2, -0.15) is 0 Å². The van der Waals surface area contributed by atoms with E-state index in [9.17, 15) is 5.21 Å². The molecule has 8 heteroatoms. The van der Waals surface area contributed by atoms with Crippen LogP contribution in [-0.4, -0.2) is 48.3 Å². The second-order valence-corrected chi connectivity index (χ2v) is 11.1. The van der Waals surface area contributed by atoms with E-state index in [2.05, 4.69) is 5.16 Å². The van der Waals surface area contributed by atoms with Gasteiger partial charge in [0.15, 0.2) is 0 Å². The van der Waals surface area contributed by atoms with Crippen LogP contribution < -0.4 is 18.9 Å². The first-order chi connectivity index (χ1) is 24.2. The van der Waals surface area contributed by atoms with Crippen LogP contribution >= 0.6 is 0 Å². The van der Waals surface area contributed by atoms with Crippen LogP contribution in [0.25, 0.3) is 22.5 Å². The van der Waals surface area contributed by atoms with Gasteiger partial charge in [0.1, 0.15) is 28.7 Å². The van der Waals surface area contributed by atoms with Gasteiger partial charge in [-0.1, -0.05) is 65.8 Å². The number of benzene rings is 4. The summed E-state index contributed by atoms with van der Waals surface area (Å²) in [5.41, 5.74) is 7.19. The SMILES string of the molecule is COc1ccc(OCCc2c(C(=NO)c3ccnc(-c4ccccc4)c3CCOc3ccc(OC)cc3)ccnc2-c2ccccc2)cc1. The Labute approximate surface area is 286 Å². The topological polar surface area (TPSA) is 95.3 Å². The van der Waals surface area contributed by atoms with Gasteiger partial charge in [0.05, 0.1) is 38.8 Å². The first-order valence-corrected chi connectivity index (χ1v) is 16.0. The van der Waals surface area contributed by atoms with Crippen molar-refractivity contribution >= 4 is 5.71 Å². The second kappa shape index (κ2) is 16.1. The van der Waals surface area contributed by atoms with Crippen LogP contribution in [-0.2, 0) is 12.8 Å². The maximum absolute atomic E-state index is 10.8. The Hall–Kier alpha value is -6.15. The molecule has 0 fully saturated rings. The molecule has 6 aromatic rings. The molecule has 6 rings (SSSR count). The third-order valence-corrected chi connectivity index (χ3v) is 8.18. The lowest BCUT2D eigenvalue weighted by atomic mass is 9.89. The van der Waals surface area contributed by atoms with Crippen LogP contribution in [0.1, 0.15) is 22.3 Å². The smallest absolute Gasteiger partial charge is 0.119 e. The van der Waals surface area contributed by atoms with Crippen LogP contribution in [0, 0.1) is 0 Å². The summed E-state index contributed by atoms with van der Waals surface area (Å²) < 4.78 is 22.9. The number of hydrogen-bond donors (Lipinski definition) is 1. The molecule has 1 N–H and O–H groups in total. The summed E-state index contributed by atoms with van der Waals surface area (Å²) in [5.74, 6) is 2.97. The monoisotopic (exact) mass is 651 g/mol. The molecule has 0 saturated carbocycles. The summed E-state index contributed by atoms with van der Waals surface area (Å²) in [4.78, 5) is 9.60. The van der Waals surface area contributed by atoms with Gasteiger partial charge in [0.2, 0.25) is 0 Å². The van der Waals surface area contributed by atoms with Crippen molar-refractivity contribution in [2.24, 2.45) is 5.16 Å². The molecule has 0 spiro atoms. The van der Waals surface area contributed by atoms with Gasteiger partial charge < -0.3 is 24.2 Å². The van der Waals surface area contributed by atoms with Crippen molar-refractivity contribution in [2.75, 3.05) is 27.4 Å². The number of methoxy groups -OCH3 is 2. The lowest BCUT2D eigenvalue weighted by Gasteiger charge is -2.19. The molecule has 4 aromatic carbocycles. The normalized spacial score (nSPS) is 10.7. The number of rotatable bonds is 14. The standard InChI is InChI=1S/C41H37N3O5/c1-46-31-13-17-33(18-14-31)48-27-23-37-35(21-25-42-39(37)29-9-5-3-6-10-29)41(44-45)36-22-26-43-40(30-11-7-4-8-12-30)38(36)24-28-49-34-19-15-32(47-2)16-20-34/h3-22,25-26,45H,23-24,27-28H2,1-2H3. The average molecular weight is 652 g/mol. The molecule has 0 aliphatic carbocycles. The van der Waals surface area contributed by atoms with E-state index in [0.29, 0.717) is 31.8 Å². The van der Waals surface area contributed by atoms with E-state index < -0.39 is 0 Å². The summed E-state index contributed by atoms with van der Waals surface area (Å²) in [6.07, 6.45) is 4.51.